The molecular weight excluding hydrogens is 264 g/mol. The van der Waals surface area contributed by atoms with Gasteiger partial charge in [0, 0.05) is 17.1 Å². The molecule has 0 bridgehead atoms. The first-order valence-corrected chi connectivity index (χ1v) is 6.77. The minimum Gasteiger partial charge on any atom is -0.330 e. The lowest BCUT2D eigenvalue weighted by molar-refractivity contribution is 0.406. The van der Waals surface area contributed by atoms with Crippen molar-refractivity contribution in [2.75, 3.05) is 6.54 Å². The molecule has 2 nitrogen and oxygen atoms in total. The minimum atomic E-state index is 0.615. The van der Waals surface area contributed by atoms with E-state index in [9.17, 15) is 0 Å². The highest BCUT2D eigenvalue weighted by Gasteiger charge is 2.25. The Hall–Kier alpha value is -0.380. The van der Waals surface area contributed by atoms with Crippen LogP contribution in [0.1, 0.15) is 24.8 Å². The monoisotopic (exact) mass is 282 g/mol. The molecule has 1 saturated carbocycles. The van der Waals surface area contributed by atoms with Crippen LogP contribution in [-0.2, 0) is 6.54 Å². The van der Waals surface area contributed by atoms with Crippen LogP contribution in [0.4, 0.5) is 0 Å². The van der Waals surface area contributed by atoms with E-state index in [2.05, 4.69) is 45.5 Å². The number of benzene rings is 1. The Morgan fingerprint density at radius 2 is 2.25 bits per heavy atom. The van der Waals surface area contributed by atoms with Crippen LogP contribution in [0.3, 0.4) is 0 Å². The molecule has 2 atom stereocenters. The molecular formula is C13H19BrN2. The fourth-order valence-corrected chi connectivity index (χ4v) is 2.93. The molecule has 1 aromatic carbocycles. The lowest BCUT2D eigenvalue weighted by Crippen LogP contribution is -2.35. The molecule has 0 saturated heterocycles. The molecule has 1 aliphatic carbocycles. The van der Waals surface area contributed by atoms with E-state index in [4.69, 9.17) is 5.73 Å². The zero-order valence-electron chi connectivity index (χ0n) is 9.45. The molecule has 3 heteroatoms. The van der Waals surface area contributed by atoms with Gasteiger partial charge in [-0.2, -0.15) is 0 Å². The van der Waals surface area contributed by atoms with Crippen molar-refractivity contribution in [3.63, 3.8) is 0 Å². The van der Waals surface area contributed by atoms with Crippen LogP contribution in [0.25, 0.3) is 0 Å². The largest absolute Gasteiger partial charge is 0.330 e. The second-order valence-electron chi connectivity index (χ2n) is 4.54. The fraction of sp³-hybridized carbons (Fsp3) is 0.538. The summed E-state index contributed by atoms with van der Waals surface area (Å²) in [5, 5.41) is 3.63. The number of hydrogen-bond acceptors (Lipinski definition) is 2. The zero-order chi connectivity index (χ0) is 11.4. The quantitative estimate of drug-likeness (QED) is 0.891. The number of halogens is 1. The maximum Gasteiger partial charge on any atom is 0.0208 e. The molecule has 16 heavy (non-hydrogen) atoms. The summed E-state index contributed by atoms with van der Waals surface area (Å²) < 4.78 is 1.15. The lowest BCUT2D eigenvalue weighted by Gasteiger charge is -2.19. The van der Waals surface area contributed by atoms with E-state index in [0.29, 0.717) is 12.0 Å². The van der Waals surface area contributed by atoms with E-state index in [-0.39, 0.29) is 0 Å². The zero-order valence-corrected chi connectivity index (χ0v) is 11.0. The maximum atomic E-state index is 5.77. The molecule has 88 valence electrons. The molecule has 1 aliphatic rings. The Labute approximate surface area is 106 Å². The SMILES string of the molecule is NCC1CCCC1NCc1cccc(Br)c1. The third-order valence-corrected chi connectivity index (χ3v) is 3.91. The molecule has 3 N–H and O–H groups in total. The summed E-state index contributed by atoms with van der Waals surface area (Å²) in [4.78, 5) is 0. The molecule has 2 rings (SSSR count). The third kappa shape index (κ3) is 3.06. The van der Waals surface area contributed by atoms with Gasteiger partial charge in [0.15, 0.2) is 0 Å². The number of rotatable bonds is 4. The average molecular weight is 283 g/mol. The molecule has 1 aromatic rings. The van der Waals surface area contributed by atoms with Gasteiger partial charge in [0.25, 0.3) is 0 Å². The van der Waals surface area contributed by atoms with E-state index in [1.165, 1.54) is 24.8 Å². The highest BCUT2D eigenvalue weighted by Crippen LogP contribution is 2.25. The van der Waals surface area contributed by atoms with E-state index in [1.54, 1.807) is 0 Å². The summed E-state index contributed by atoms with van der Waals surface area (Å²) >= 11 is 3.49. The van der Waals surface area contributed by atoms with Crippen LogP contribution >= 0.6 is 15.9 Å². The first-order valence-electron chi connectivity index (χ1n) is 5.97. The third-order valence-electron chi connectivity index (χ3n) is 3.42. The number of hydrogen-bond donors (Lipinski definition) is 2. The van der Waals surface area contributed by atoms with Crippen molar-refractivity contribution in [3.8, 4) is 0 Å². The summed E-state index contributed by atoms with van der Waals surface area (Å²) in [6, 6.07) is 9.07. The van der Waals surface area contributed by atoms with Crippen molar-refractivity contribution in [3.05, 3.63) is 34.3 Å². The van der Waals surface area contributed by atoms with E-state index in [1.807, 2.05) is 0 Å². The van der Waals surface area contributed by atoms with Crippen LogP contribution in [-0.4, -0.2) is 12.6 Å². The predicted molar refractivity (Wildman–Crippen MR) is 71.2 cm³/mol. The highest BCUT2D eigenvalue weighted by molar-refractivity contribution is 9.10. The normalized spacial score (nSPS) is 24.9. The fourth-order valence-electron chi connectivity index (χ4n) is 2.48. The van der Waals surface area contributed by atoms with Crippen LogP contribution < -0.4 is 11.1 Å². The second kappa shape index (κ2) is 5.80. The Kier molecular flexibility index (Phi) is 4.38. The minimum absolute atomic E-state index is 0.615. The topological polar surface area (TPSA) is 38.0 Å². The Balaban J connectivity index is 1.87. The lowest BCUT2D eigenvalue weighted by atomic mass is 10.0. The van der Waals surface area contributed by atoms with Crippen LogP contribution in [0, 0.1) is 5.92 Å². The molecule has 0 radical (unpaired) electrons. The van der Waals surface area contributed by atoms with Gasteiger partial charge < -0.3 is 11.1 Å². The Morgan fingerprint density at radius 3 is 3.00 bits per heavy atom. The predicted octanol–water partition coefficient (Wildman–Crippen LogP) is 2.67. The van der Waals surface area contributed by atoms with Crippen molar-refractivity contribution in [1.29, 1.82) is 0 Å². The summed E-state index contributed by atoms with van der Waals surface area (Å²) in [5.74, 6) is 0.673. The Morgan fingerprint density at radius 1 is 1.38 bits per heavy atom. The number of nitrogens with two attached hydrogens (primary N) is 1. The summed E-state index contributed by atoms with van der Waals surface area (Å²) in [6.45, 7) is 1.76. The molecule has 0 aromatic heterocycles. The second-order valence-corrected chi connectivity index (χ2v) is 5.46. The van der Waals surface area contributed by atoms with Gasteiger partial charge >= 0.3 is 0 Å². The van der Waals surface area contributed by atoms with Crippen molar-refractivity contribution >= 4 is 15.9 Å². The molecule has 0 heterocycles. The summed E-state index contributed by atoms with van der Waals surface area (Å²) in [5.41, 5.74) is 7.10. The first-order chi connectivity index (χ1) is 7.79. The molecule has 1 fully saturated rings. The van der Waals surface area contributed by atoms with Crippen LogP contribution in [0.5, 0.6) is 0 Å². The molecule has 0 amide bonds. The van der Waals surface area contributed by atoms with E-state index >= 15 is 0 Å². The number of nitrogens with one attached hydrogen (secondary N) is 1. The molecule has 0 aliphatic heterocycles. The van der Waals surface area contributed by atoms with Gasteiger partial charge in [0.1, 0.15) is 0 Å². The van der Waals surface area contributed by atoms with Crippen molar-refractivity contribution in [1.82, 2.24) is 5.32 Å². The van der Waals surface area contributed by atoms with Gasteiger partial charge in [-0.1, -0.05) is 34.5 Å². The van der Waals surface area contributed by atoms with E-state index < -0.39 is 0 Å². The summed E-state index contributed by atoms with van der Waals surface area (Å²) in [7, 11) is 0. The van der Waals surface area contributed by atoms with Gasteiger partial charge in [-0.3, -0.25) is 0 Å². The average Bonchev–Trinajstić information content (AvgIpc) is 2.74. The van der Waals surface area contributed by atoms with Gasteiger partial charge in [-0.05, 0) is 43.0 Å². The van der Waals surface area contributed by atoms with Gasteiger partial charge in [-0.15, -0.1) is 0 Å². The van der Waals surface area contributed by atoms with Crippen molar-refractivity contribution in [2.45, 2.75) is 31.8 Å². The van der Waals surface area contributed by atoms with Crippen molar-refractivity contribution in [2.24, 2.45) is 11.7 Å². The Bertz CT molecular complexity index is 340. The van der Waals surface area contributed by atoms with E-state index in [0.717, 1.165) is 17.6 Å². The highest BCUT2D eigenvalue weighted by atomic mass is 79.9. The maximum absolute atomic E-state index is 5.77. The standard InChI is InChI=1S/C13H19BrN2/c14-12-5-1-3-10(7-12)9-16-13-6-2-4-11(13)8-15/h1,3,5,7,11,13,16H,2,4,6,8-9,15H2. The van der Waals surface area contributed by atoms with Gasteiger partial charge in [0.05, 0.1) is 0 Å². The summed E-state index contributed by atoms with van der Waals surface area (Å²) in [6.07, 6.45) is 3.88. The van der Waals surface area contributed by atoms with Gasteiger partial charge in [-0.25, -0.2) is 0 Å². The molecule has 2 unspecified atom stereocenters. The van der Waals surface area contributed by atoms with Crippen LogP contribution in [0.2, 0.25) is 0 Å². The van der Waals surface area contributed by atoms with Gasteiger partial charge in [0.2, 0.25) is 0 Å². The first kappa shape index (κ1) is 12.1. The smallest absolute Gasteiger partial charge is 0.0208 e. The van der Waals surface area contributed by atoms with Crippen molar-refractivity contribution < 1.29 is 0 Å². The van der Waals surface area contributed by atoms with Crippen LogP contribution in [0.15, 0.2) is 28.7 Å². The molecule has 0 spiro atoms.